The molecular formula is C19H14N4O4S. The molecule has 3 aromatic rings. The maximum atomic E-state index is 12.4. The molecule has 0 bridgehead atoms. The van der Waals surface area contributed by atoms with E-state index in [-0.39, 0.29) is 12.5 Å². The molecule has 1 aromatic heterocycles. The Balaban J connectivity index is 1.48. The molecule has 0 saturated heterocycles. The van der Waals surface area contributed by atoms with Gasteiger partial charge in [0.1, 0.15) is 6.54 Å². The van der Waals surface area contributed by atoms with E-state index in [1.54, 1.807) is 42.5 Å². The molecule has 0 saturated carbocycles. The van der Waals surface area contributed by atoms with Gasteiger partial charge in [-0.2, -0.15) is 0 Å². The van der Waals surface area contributed by atoms with Crippen LogP contribution in [0.15, 0.2) is 42.5 Å². The molecule has 0 unspecified atom stereocenters. The molecule has 0 atom stereocenters. The minimum atomic E-state index is -0.518. The van der Waals surface area contributed by atoms with Gasteiger partial charge in [0.2, 0.25) is 11.8 Å². The zero-order valence-corrected chi connectivity index (χ0v) is 15.5. The number of rotatable bonds is 4. The van der Waals surface area contributed by atoms with Gasteiger partial charge in [-0.25, -0.2) is 4.98 Å². The van der Waals surface area contributed by atoms with Crippen molar-refractivity contribution in [3.05, 3.63) is 53.6 Å². The SMILES string of the molecule is CC(=O)Nc1ccc2nc(NC(=O)CN3C(=O)c4ccccc4C3=O)sc2c1. The molecule has 0 aliphatic carbocycles. The summed E-state index contributed by atoms with van der Waals surface area (Å²) in [5.74, 6) is -1.67. The zero-order valence-electron chi connectivity index (χ0n) is 14.7. The Morgan fingerprint density at radius 1 is 1.04 bits per heavy atom. The molecule has 0 radical (unpaired) electrons. The van der Waals surface area contributed by atoms with E-state index < -0.39 is 17.7 Å². The molecule has 1 aliphatic rings. The van der Waals surface area contributed by atoms with Crippen molar-refractivity contribution in [2.24, 2.45) is 0 Å². The summed E-state index contributed by atoms with van der Waals surface area (Å²) in [7, 11) is 0. The highest BCUT2D eigenvalue weighted by Gasteiger charge is 2.36. The largest absolute Gasteiger partial charge is 0.326 e. The van der Waals surface area contributed by atoms with E-state index in [9.17, 15) is 19.2 Å². The molecule has 0 spiro atoms. The third-order valence-electron chi connectivity index (χ3n) is 4.14. The fourth-order valence-corrected chi connectivity index (χ4v) is 3.87. The predicted octanol–water partition coefficient (Wildman–Crippen LogP) is 2.49. The van der Waals surface area contributed by atoms with Crippen molar-refractivity contribution in [3.63, 3.8) is 0 Å². The van der Waals surface area contributed by atoms with E-state index in [0.29, 0.717) is 27.5 Å². The smallest absolute Gasteiger partial charge is 0.262 e. The van der Waals surface area contributed by atoms with Crippen LogP contribution in [0.4, 0.5) is 10.8 Å². The van der Waals surface area contributed by atoms with Crippen LogP contribution in [0.2, 0.25) is 0 Å². The number of nitrogens with zero attached hydrogens (tertiary/aromatic N) is 2. The van der Waals surface area contributed by atoms with Gasteiger partial charge in [-0.05, 0) is 30.3 Å². The predicted molar refractivity (Wildman–Crippen MR) is 104 cm³/mol. The summed E-state index contributed by atoms with van der Waals surface area (Å²) in [6.07, 6.45) is 0. The Morgan fingerprint density at radius 3 is 2.36 bits per heavy atom. The number of hydrogen-bond donors (Lipinski definition) is 2. The second-order valence-corrected chi connectivity index (χ2v) is 7.20. The Morgan fingerprint density at radius 2 is 1.71 bits per heavy atom. The maximum Gasteiger partial charge on any atom is 0.262 e. The van der Waals surface area contributed by atoms with Crippen LogP contribution in [0.25, 0.3) is 10.2 Å². The fraction of sp³-hybridized carbons (Fsp3) is 0.105. The van der Waals surface area contributed by atoms with Crippen molar-refractivity contribution in [2.45, 2.75) is 6.92 Å². The Labute approximate surface area is 163 Å². The van der Waals surface area contributed by atoms with Crippen LogP contribution in [0.5, 0.6) is 0 Å². The number of fused-ring (bicyclic) bond motifs is 2. The summed E-state index contributed by atoms with van der Waals surface area (Å²) >= 11 is 1.23. The van der Waals surface area contributed by atoms with Gasteiger partial charge in [0.25, 0.3) is 11.8 Å². The monoisotopic (exact) mass is 394 g/mol. The van der Waals surface area contributed by atoms with Crippen molar-refractivity contribution in [1.82, 2.24) is 9.88 Å². The van der Waals surface area contributed by atoms with Crippen LogP contribution in [0.1, 0.15) is 27.6 Å². The van der Waals surface area contributed by atoms with E-state index in [1.165, 1.54) is 18.3 Å². The Bertz CT molecular complexity index is 1120. The number of imide groups is 1. The van der Waals surface area contributed by atoms with Crippen molar-refractivity contribution >= 4 is 56.0 Å². The summed E-state index contributed by atoms with van der Waals surface area (Å²) < 4.78 is 0.780. The number of amides is 4. The van der Waals surface area contributed by atoms with E-state index in [1.807, 2.05) is 0 Å². The normalized spacial score (nSPS) is 13.0. The van der Waals surface area contributed by atoms with Crippen molar-refractivity contribution in [2.75, 3.05) is 17.2 Å². The van der Waals surface area contributed by atoms with Crippen LogP contribution < -0.4 is 10.6 Å². The highest BCUT2D eigenvalue weighted by Crippen LogP contribution is 2.29. The molecule has 9 heteroatoms. The Hall–Kier alpha value is -3.59. The first kappa shape index (κ1) is 17.8. The standard InChI is InChI=1S/C19H14N4O4S/c1-10(24)20-11-6-7-14-15(8-11)28-19(21-14)22-16(25)9-23-17(26)12-4-2-3-5-13(12)18(23)27/h2-8H,9H2,1H3,(H,20,24)(H,21,22,25). The summed E-state index contributed by atoms with van der Waals surface area (Å²) in [6.45, 7) is 1.03. The van der Waals surface area contributed by atoms with E-state index in [0.717, 1.165) is 9.60 Å². The topological polar surface area (TPSA) is 108 Å². The first-order chi connectivity index (χ1) is 13.4. The molecule has 2 heterocycles. The minimum Gasteiger partial charge on any atom is -0.326 e. The molecule has 2 N–H and O–H groups in total. The van der Waals surface area contributed by atoms with Crippen molar-refractivity contribution < 1.29 is 19.2 Å². The van der Waals surface area contributed by atoms with Gasteiger partial charge in [-0.3, -0.25) is 24.1 Å². The first-order valence-electron chi connectivity index (χ1n) is 8.35. The number of hydrogen-bond acceptors (Lipinski definition) is 6. The lowest BCUT2D eigenvalue weighted by atomic mass is 10.1. The number of aromatic nitrogens is 1. The van der Waals surface area contributed by atoms with Crippen molar-refractivity contribution in [3.8, 4) is 0 Å². The van der Waals surface area contributed by atoms with Crippen LogP contribution in [0, 0.1) is 0 Å². The number of carbonyl (C=O) groups is 4. The van der Waals surface area contributed by atoms with Crippen LogP contribution >= 0.6 is 11.3 Å². The fourth-order valence-electron chi connectivity index (χ4n) is 2.94. The lowest BCUT2D eigenvalue weighted by molar-refractivity contribution is -0.116. The van der Waals surface area contributed by atoms with Gasteiger partial charge < -0.3 is 10.6 Å². The lowest BCUT2D eigenvalue weighted by Crippen LogP contribution is -2.37. The molecule has 140 valence electrons. The minimum absolute atomic E-state index is 0.182. The lowest BCUT2D eigenvalue weighted by Gasteiger charge is -2.12. The number of thiazole rings is 1. The average Bonchev–Trinajstić information content (AvgIpc) is 3.15. The third kappa shape index (κ3) is 3.23. The third-order valence-corrected chi connectivity index (χ3v) is 5.07. The summed E-state index contributed by atoms with van der Waals surface area (Å²) in [4.78, 5) is 53.4. The molecular weight excluding hydrogens is 380 g/mol. The molecule has 4 amide bonds. The summed E-state index contributed by atoms with van der Waals surface area (Å²) in [5.41, 5.74) is 1.89. The highest BCUT2D eigenvalue weighted by atomic mass is 32.1. The van der Waals surface area contributed by atoms with Gasteiger partial charge in [-0.1, -0.05) is 23.5 Å². The Kier molecular flexibility index (Phi) is 4.36. The highest BCUT2D eigenvalue weighted by molar-refractivity contribution is 7.22. The number of carbonyl (C=O) groups excluding carboxylic acids is 4. The molecule has 2 aromatic carbocycles. The van der Waals surface area contributed by atoms with E-state index >= 15 is 0 Å². The molecule has 28 heavy (non-hydrogen) atoms. The molecule has 4 rings (SSSR count). The molecule has 8 nitrogen and oxygen atoms in total. The summed E-state index contributed by atoms with van der Waals surface area (Å²) in [6, 6.07) is 11.7. The molecule has 1 aliphatic heterocycles. The van der Waals surface area contributed by atoms with E-state index in [4.69, 9.17) is 0 Å². The van der Waals surface area contributed by atoms with Gasteiger partial charge in [0.15, 0.2) is 5.13 Å². The second kappa shape index (κ2) is 6.86. The quantitative estimate of drug-likeness (QED) is 0.661. The van der Waals surface area contributed by atoms with E-state index in [2.05, 4.69) is 15.6 Å². The maximum absolute atomic E-state index is 12.4. The van der Waals surface area contributed by atoms with Gasteiger partial charge in [0.05, 0.1) is 21.3 Å². The summed E-state index contributed by atoms with van der Waals surface area (Å²) in [5, 5.41) is 5.65. The number of anilines is 2. The van der Waals surface area contributed by atoms with Gasteiger partial charge in [-0.15, -0.1) is 0 Å². The van der Waals surface area contributed by atoms with Gasteiger partial charge >= 0.3 is 0 Å². The average molecular weight is 394 g/mol. The first-order valence-corrected chi connectivity index (χ1v) is 9.17. The van der Waals surface area contributed by atoms with Crippen LogP contribution in [-0.4, -0.2) is 40.1 Å². The second-order valence-electron chi connectivity index (χ2n) is 6.17. The van der Waals surface area contributed by atoms with Crippen LogP contribution in [0.3, 0.4) is 0 Å². The molecule has 0 fully saturated rings. The number of benzene rings is 2. The zero-order chi connectivity index (χ0) is 19.8. The van der Waals surface area contributed by atoms with Crippen LogP contribution in [-0.2, 0) is 9.59 Å². The van der Waals surface area contributed by atoms with Crippen molar-refractivity contribution in [1.29, 1.82) is 0 Å². The number of nitrogens with one attached hydrogen (secondary N) is 2. The van der Waals surface area contributed by atoms with Gasteiger partial charge in [0, 0.05) is 12.6 Å².